The zero-order valence-electron chi connectivity index (χ0n) is 13.9. The fourth-order valence-corrected chi connectivity index (χ4v) is 4.90. The maximum atomic E-state index is 12.5. The topological polar surface area (TPSA) is 66.5 Å². The molecule has 5 nitrogen and oxygen atoms in total. The molecule has 2 amide bonds. The van der Waals surface area contributed by atoms with Crippen LogP contribution in [0.3, 0.4) is 0 Å². The monoisotopic (exact) mass is 330 g/mol. The van der Waals surface area contributed by atoms with Crippen LogP contribution in [0.15, 0.2) is 0 Å². The van der Waals surface area contributed by atoms with Gasteiger partial charge in [0.05, 0.1) is 11.5 Å². The van der Waals surface area contributed by atoms with Gasteiger partial charge in [-0.15, -0.1) is 0 Å². The van der Waals surface area contributed by atoms with Crippen molar-refractivity contribution >= 4 is 15.9 Å². The van der Waals surface area contributed by atoms with Gasteiger partial charge in [0.15, 0.2) is 9.84 Å². The Morgan fingerprint density at radius 3 is 2.45 bits per heavy atom. The number of amides is 2. The maximum absolute atomic E-state index is 12.5. The Balaban J connectivity index is 1.90. The van der Waals surface area contributed by atoms with E-state index >= 15 is 0 Å². The Morgan fingerprint density at radius 2 is 1.82 bits per heavy atom. The van der Waals surface area contributed by atoms with Gasteiger partial charge in [0, 0.05) is 19.1 Å². The molecule has 2 rings (SSSR count). The Labute approximate surface area is 134 Å². The first-order valence-electron chi connectivity index (χ1n) is 8.56. The van der Waals surface area contributed by atoms with Crippen LogP contribution in [0.4, 0.5) is 4.79 Å². The SMILES string of the molecule is CC1CCS(=O)(=O)CCN1C(=O)NCC1(C)CCCCCC1. The van der Waals surface area contributed by atoms with Crippen LogP contribution in [0, 0.1) is 5.41 Å². The lowest BCUT2D eigenvalue weighted by Crippen LogP contribution is -2.48. The fraction of sp³-hybridized carbons (Fsp3) is 0.938. The summed E-state index contributed by atoms with van der Waals surface area (Å²) < 4.78 is 23.4. The molecule has 128 valence electrons. The molecule has 0 aromatic heterocycles. The van der Waals surface area contributed by atoms with Crippen molar-refractivity contribution in [1.82, 2.24) is 10.2 Å². The van der Waals surface area contributed by atoms with E-state index < -0.39 is 9.84 Å². The third-order valence-corrected chi connectivity index (χ3v) is 6.92. The maximum Gasteiger partial charge on any atom is 0.317 e. The molecule has 1 aliphatic heterocycles. The van der Waals surface area contributed by atoms with Crippen LogP contribution in [0.1, 0.15) is 58.8 Å². The number of carbonyl (C=O) groups excluding carboxylic acids is 1. The van der Waals surface area contributed by atoms with Gasteiger partial charge in [-0.05, 0) is 31.6 Å². The smallest absolute Gasteiger partial charge is 0.317 e. The zero-order valence-corrected chi connectivity index (χ0v) is 14.8. The van der Waals surface area contributed by atoms with Gasteiger partial charge < -0.3 is 10.2 Å². The van der Waals surface area contributed by atoms with Gasteiger partial charge in [-0.1, -0.05) is 32.6 Å². The number of hydrogen-bond acceptors (Lipinski definition) is 3. The molecule has 1 atom stereocenters. The molecule has 1 N–H and O–H groups in total. The molecule has 0 bridgehead atoms. The largest absolute Gasteiger partial charge is 0.337 e. The third-order valence-electron chi connectivity index (χ3n) is 5.26. The fourth-order valence-electron chi connectivity index (χ4n) is 3.52. The molecule has 2 fully saturated rings. The second-order valence-corrected chi connectivity index (χ2v) is 9.67. The van der Waals surface area contributed by atoms with Crippen LogP contribution in [-0.4, -0.2) is 50.0 Å². The molecule has 0 aromatic carbocycles. The predicted octanol–water partition coefficient (Wildman–Crippen LogP) is 2.57. The first-order chi connectivity index (χ1) is 10.3. The quantitative estimate of drug-likeness (QED) is 0.791. The molecule has 6 heteroatoms. The zero-order chi connectivity index (χ0) is 16.2. The Hall–Kier alpha value is -0.780. The molecule has 0 radical (unpaired) electrons. The van der Waals surface area contributed by atoms with Gasteiger partial charge in [0.1, 0.15) is 0 Å². The van der Waals surface area contributed by atoms with E-state index in [-0.39, 0.29) is 29.0 Å². The molecule has 0 aromatic rings. The van der Waals surface area contributed by atoms with E-state index in [1.807, 2.05) is 6.92 Å². The average Bonchev–Trinajstić information content (AvgIpc) is 2.75. The predicted molar refractivity (Wildman–Crippen MR) is 88.6 cm³/mol. The van der Waals surface area contributed by atoms with E-state index in [0.29, 0.717) is 19.5 Å². The van der Waals surface area contributed by atoms with E-state index in [9.17, 15) is 13.2 Å². The minimum atomic E-state index is -2.99. The second kappa shape index (κ2) is 7.20. The van der Waals surface area contributed by atoms with Gasteiger partial charge in [-0.3, -0.25) is 0 Å². The van der Waals surface area contributed by atoms with Crippen molar-refractivity contribution < 1.29 is 13.2 Å². The summed E-state index contributed by atoms with van der Waals surface area (Å²) in [5, 5.41) is 3.07. The second-order valence-electron chi connectivity index (χ2n) is 7.37. The van der Waals surface area contributed by atoms with Gasteiger partial charge in [0.25, 0.3) is 0 Å². The molecule has 1 saturated heterocycles. The molecule has 22 heavy (non-hydrogen) atoms. The number of hydrogen-bond donors (Lipinski definition) is 1. The molecule has 1 aliphatic carbocycles. The van der Waals surface area contributed by atoms with Crippen LogP contribution in [-0.2, 0) is 9.84 Å². The lowest BCUT2D eigenvalue weighted by atomic mass is 9.82. The number of urea groups is 1. The Kier molecular flexibility index (Phi) is 5.75. The van der Waals surface area contributed by atoms with Crippen molar-refractivity contribution in [1.29, 1.82) is 0 Å². The minimum absolute atomic E-state index is 0.0146. The highest BCUT2D eigenvalue weighted by Crippen LogP contribution is 2.33. The first-order valence-corrected chi connectivity index (χ1v) is 10.4. The van der Waals surface area contributed by atoms with Crippen molar-refractivity contribution in [3.8, 4) is 0 Å². The minimum Gasteiger partial charge on any atom is -0.337 e. The number of nitrogens with zero attached hydrogens (tertiary/aromatic N) is 1. The summed E-state index contributed by atoms with van der Waals surface area (Å²) >= 11 is 0. The molecule has 0 spiro atoms. The lowest BCUT2D eigenvalue weighted by Gasteiger charge is -2.32. The standard InChI is InChI=1S/C16H30N2O3S/c1-14-7-11-22(20,21)12-10-18(14)15(19)17-13-16(2)8-5-3-4-6-9-16/h14H,3-13H2,1-2H3,(H,17,19). The van der Waals surface area contributed by atoms with Gasteiger partial charge >= 0.3 is 6.03 Å². The van der Waals surface area contributed by atoms with E-state index in [0.717, 1.165) is 12.8 Å². The lowest BCUT2D eigenvalue weighted by molar-refractivity contribution is 0.173. The van der Waals surface area contributed by atoms with Crippen molar-refractivity contribution in [3.63, 3.8) is 0 Å². The molecule has 2 aliphatic rings. The summed E-state index contributed by atoms with van der Waals surface area (Å²) in [6.07, 6.45) is 7.94. The highest BCUT2D eigenvalue weighted by Gasteiger charge is 2.30. The molecular weight excluding hydrogens is 300 g/mol. The van der Waals surface area contributed by atoms with Crippen LogP contribution >= 0.6 is 0 Å². The van der Waals surface area contributed by atoms with Crippen LogP contribution in [0.2, 0.25) is 0 Å². The van der Waals surface area contributed by atoms with Crippen molar-refractivity contribution in [3.05, 3.63) is 0 Å². The van der Waals surface area contributed by atoms with E-state index in [1.54, 1.807) is 4.90 Å². The number of carbonyl (C=O) groups is 1. The Morgan fingerprint density at radius 1 is 1.18 bits per heavy atom. The summed E-state index contributed by atoms with van der Waals surface area (Å²) in [5.74, 6) is 0.275. The van der Waals surface area contributed by atoms with Gasteiger partial charge in [0.2, 0.25) is 0 Å². The number of rotatable bonds is 2. The van der Waals surface area contributed by atoms with Crippen LogP contribution in [0.25, 0.3) is 0 Å². The van der Waals surface area contributed by atoms with E-state index in [2.05, 4.69) is 12.2 Å². The van der Waals surface area contributed by atoms with Gasteiger partial charge in [-0.25, -0.2) is 13.2 Å². The summed E-state index contributed by atoms with van der Waals surface area (Å²) in [6, 6.07) is -0.116. The van der Waals surface area contributed by atoms with Crippen molar-refractivity contribution in [2.75, 3.05) is 24.6 Å². The highest BCUT2D eigenvalue weighted by atomic mass is 32.2. The molecule has 1 saturated carbocycles. The number of nitrogens with one attached hydrogen (secondary N) is 1. The number of sulfone groups is 1. The van der Waals surface area contributed by atoms with Crippen molar-refractivity contribution in [2.45, 2.75) is 64.8 Å². The highest BCUT2D eigenvalue weighted by molar-refractivity contribution is 7.91. The van der Waals surface area contributed by atoms with Crippen molar-refractivity contribution in [2.24, 2.45) is 5.41 Å². The van der Waals surface area contributed by atoms with E-state index in [1.165, 1.54) is 25.7 Å². The third kappa shape index (κ3) is 4.86. The van der Waals surface area contributed by atoms with Gasteiger partial charge in [-0.2, -0.15) is 0 Å². The average molecular weight is 330 g/mol. The summed E-state index contributed by atoms with van der Waals surface area (Å²) in [6.45, 7) is 5.20. The normalized spacial score (nSPS) is 28.5. The summed E-state index contributed by atoms with van der Waals surface area (Å²) in [7, 11) is -2.99. The molecular formula is C16H30N2O3S. The summed E-state index contributed by atoms with van der Waals surface area (Å²) in [4.78, 5) is 14.2. The molecule has 1 heterocycles. The summed E-state index contributed by atoms with van der Waals surface area (Å²) in [5.41, 5.74) is 0.188. The molecule has 1 unspecified atom stereocenters. The van der Waals surface area contributed by atoms with Crippen LogP contribution in [0.5, 0.6) is 0 Å². The van der Waals surface area contributed by atoms with Crippen LogP contribution < -0.4 is 5.32 Å². The Bertz CT molecular complexity index is 482. The van der Waals surface area contributed by atoms with E-state index in [4.69, 9.17) is 0 Å². The first kappa shape index (κ1) is 17.6.